The molecule has 0 amide bonds. The maximum Gasteiger partial charge on any atom is 0.190 e. The maximum atomic E-state index is 13.0. The highest BCUT2D eigenvalue weighted by Gasteiger charge is 2.29. The lowest BCUT2D eigenvalue weighted by atomic mass is 9.79. The summed E-state index contributed by atoms with van der Waals surface area (Å²) in [6, 6.07) is 7.15. The van der Waals surface area contributed by atoms with Crippen molar-refractivity contribution < 1.29 is 9.59 Å². The predicted octanol–water partition coefficient (Wildman–Crippen LogP) is 9.24. The monoisotopic (exact) mass is 460 g/mol. The van der Waals surface area contributed by atoms with Crippen molar-refractivity contribution in [2.45, 2.75) is 94.4 Å². The fourth-order valence-electron chi connectivity index (χ4n) is 4.80. The smallest absolute Gasteiger partial charge is 0.190 e. The molecule has 2 heteroatoms. The van der Waals surface area contributed by atoms with Crippen molar-refractivity contribution in [3.05, 3.63) is 81.5 Å². The van der Waals surface area contributed by atoms with Crippen LogP contribution in [0.2, 0.25) is 0 Å². The summed E-state index contributed by atoms with van der Waals surface area (Å²) in [6.45, 7) is 19.8. The summed E-state index contributed by atoms with van der Waals surface area (Å²) >= 11 is 0. The van der Waals surface area contributed by atoms with E-state index in [0.29, 0.717) is 28.7 Å². The van der Waals surface area contributed by atoms with Crippen molar-refractivity contribution >= 4 is 11.6 Å². The van der Waals surface area contributed by atoms with Gasteiger partial charge in [0.05, 0.1) is 0 Å². The van der Waals surface area contributed by atoms with Crippen LogP contribution in [0.25, 0.3) is 0 Å². The molecule has 0 aromatic heterocycles. The van der Waals surface area contributed by atoms with Gasteiger partial charge in [-0.1, -0.05) is 86.9 Å². The SMILES string of the molecule is CC(C)=CCC(C)(C)C/C(C)=C/CC(C)(C)C/C(C)=C/CC1=C(C)C(=O)c2ccccc2C1=O. The first-order valence-electron chi connectivity index (χ1n) is 12.6. The molecule has 2 rings (SSSR count). The van der Waals surface area contributed by atoms with Gasteiger partial charge in [-0.15, -0.1) is 0 Å². The summed E-state index contributed by atoms with van der Waals surface area (Å²) < 4.78 is 0. The summed E-state index contributed by atoms with van der Waals surface area (Å²) in [5.41, 5.74) is 6.78. The second kappa shape index (κ2) is 11.3. The van der Waals surface area contributed by atoms with Crippen molar-refractivity contribution in [3.63, 3.8) is 0 Å². The molecule has 0 fully saturated rings. The average molecular weight is 461 g/mol. The van der Waals surface area contributed by atoms with E-state index in [1.54, 1.807) is 19.1 Å². The summed E-state index contributed by atoms with van der Waals surface area (Å²) in [5.74, 6) is -0.0324. The Kier molecular flexibility index (Phi) is 9.22. The molecule has 1 aromatic carbocycles. The minimum Gasteiger partial charge on any atom is -0.289 e. The first-order valence-corrected chi connectivity index (χ1v) is 12.6. The number of carbonyl (C=O) groups is 2. The Balaban J connectivity index is 2.02. The zero-order valence-corrected chi connectivity index (χ0v) is 22.9. The van der Waals surface area contributed by atoms with Gasteiger partial charge in [0, 0.05) is 22.3 Å². The second-order valence-corrected chi connectivity index (χ2v) is 12.0. The standard InChI is InChI=1S/C32H44O2/c1-22(2)16-18-31(6,7)21-24(4)17-19-32(8,9)20-23(3)14-15-26-25(5)29(33)27-12-10-11-13-28(27)30(26)34/h10-14,16-17H,15,18-21H2,1-9H3/b23-14+,24-17+. The number of fused-ring (bicyclic) bond motifs is 1. The van der Waals surface area contributed by atoms with Crippen molar-refractivity contribution in [2.24, 2.45) is 10.8 Å². The molecule has 0 saturated heterocycles. The lowest BCUT2D eigenvalue weighted by molar-refractivity contribution is 0.0973. The van der Waals surface area contributed by atoms with Crippen LogP contribution in [0.4, 0.5) is 0 Å². The molecule has 0 bridgehead atoms. The Hall–Kier alpha value is -2.48. The van der Waals surface area contributed by atoms with Gasteiger partial charge in [0.2, 0.25) is 0 Å². The lowest BCUT2D eigenvalue weighted by Gasteiger charge is -2.26. The van der Waals surface area contributed by atoms with Crippen LogP contribution in [0.15, 0.2) is 70.4 Å². The number of hydrogen-bond acceptors (Lipinski definition) is 2. The highest BCUT2D eigenvalue weighted by atomic mass is 16.1. The van der Waals surface area contributed by atoms with E-state index in [1.165, 1.54) is 16.7 Å². The normalized spacial score (nSPS) is 15.6. The molecule has 0 radical (unpaired) electrons. The number of carbonyl (C=O) groups excluding carboxylic acids is 2. The fraction of sp³-hybridized carbons (Fsp3) is 0.500. The third-order valence-corrected chi connectivity index (χ3v) is 6.72. The number of allylic oxidation sites excluding steroid dienone is 8. The van der Waals surface area contributed by atoms with E-state index >= 15 is 0 Å². The molecule has 0 atom stereocenters. The van der Waals surface area contributed by atoms with Gasteiger partial charge in [-0.3, -0.25) is 9.59 Å². The van der Waals surface area contributed by atoms with Gasteiger partial charge in [-0.2, -0.15) is 0 Å². The Morgan fingerprint density at radius 1 is 0.735 bits per heavy atom. The van der Waals surface area contributed by atoms with Crippen LogP contribution in [0, 0.1) is 10.8 Å². The largest absolute Gasteiger partial charge is 0.289 e. The number of rotatable bonds is 10. The molecule has 1 aliphatic carbocycles. The molecule has 0 saturated carbocycles. The van der Waals surface area contributed by atoms with Gasteiger partial charge in [-0.25, -0.2) is 0 Å². The van der Waals surface area contributed by atoms with Gasteiger partial charge < -0.3 is 0 Å². The van der Waals surface area contributed by atoms with Gasteiger partial charge in [0.1, 0.15) is 0 Å². The van der Waals surface area contributed by atoms with Crippen molar-refractivity contribution in [2.75, 3.05) is 0 Å². The predicted molar refractivity (Wildman–Crippen MR) is 145 cm³/mol. The van der Waals surface area contributed by atoms with Crippen LogP contribution in [0.5, 0.6) is 0 Å². The molecule has 0 aliphatic heterocycles. The van der Waals surface area contributed by atoms with Gasteiger partial charge in [0.25, 0.3) is 0 Å². The third kappa shape index (κ3) is 7.79. The van der Waals surface area contributed by atoms with Crippen LogP contribution in [-0.2, 0) is 0 Å². The van der Waals surface area contributed by atoms with Gasteiger partial charge >= 0.3 is 0 Å². The van der Waals surface area contributed by atoms with Crippen LogP contribution in [0.1, 0.15) is 115 Å². The molecular formula is C32H44O2. The third-order valence-electron chi connectivity index (χ3n) is 6.72. The number of hydrogen-bond donors (Lipinski definition) is 0. The zero-order chi connectivity index (χ0) is 25.7. The Morgan fingerprint density at radius 2 is 1.21 bits per heavy atom. The molecule has 2 nitrogen and oxygen atoms in total. The quantitative estimate of drug-likeness (QED) is 0.326. The number of ketones is 2. The molecule has 1 aliphatic rings. The summed E-state index contributed by atoms with van der Waals surface area (Å²) in [6.07, 6.45) is 11.6. The summed E-state index contributed by atoms with van der Waals surface area (Å²) in [4.78, 5) is 25.7. The molecule has 0 unspecified atom stereocenters. The summed E-state index contributed by atoms with van der Waals surface area (Å²) in [7, 11) is 0. The van der Waals surface area contributed by atoms with Crippen LogP contribution >= 0.6 is 0 Å². The Morgan fingerprint density at radius 3 is 1.74 bits per heavy atom. The van der Waals surface area contributed by atoms with E-state index in [-0.39, 0.29) is 22.4 Å². The van der Waals surface area contributed by atoms with E-state index in [1.807, 2.05) is 12.1 Å². The molecule has 0 heterocycles. The van der Waals surface area contributed by atoms with Crippen molar-refractivity contribution in [1.82, 2.24) is 0 Å². The Bertz CT molecular complexity index is 1050. The van der Waals surface area contributed by atoms with Crippen LogP contribution in [-0.4, -0.2) is 11.6 Å². The Labute approximate surface area is 207 Å². The topological polar surface area (TPSA) is 34.1 Å². The molecule has 1 aromatic rings. The zero-order valence-electron chi connectivity index (χ0n) is 22.9. The summed E-state index contributed by atoms with van der Waals surface area (Å²) in [5, 5.41) is 0. The van der Waals surface area contributed by atoms with E-state index in [0.717, 1.165) is 25.7 Å². The minimum absolute atomic E-state index is 0.00899. The fourth-order valence-corrected chi connectivity index (χ4v) is 4.80. The van der Waals surface area contributed by atoms with Crippen LogP contribution in [0.3, 0.4) is 0 Å². The second-order valence-electron chi connectivity index (χ2n) is 12.0. The average Bonchev–Trinajstić information content (AvgIpc) is 2.74. The van der Waals surface area contributed by atoms with Crippen LogP contribution < -0.4 is 0 Å². The highest BCUT2D eigenvalue weighted by molar-refractivity contribution is 6.26. The molecular weight excluding hydrogens is 416 g/mol. The van der Waals surface area contributed by atoms with E-state index in [2.05, 4.69) is 73.6 Å². The first kappa shape index (κ1) is 27.8. The van der Waals surface area contributed by atoms with E-state index in [4.69, 9.17) is 0 Å². The number of Topliss-reactive ketones (excluding diaryl/α,β-unsaturated/α-hetero) is 2. The molecule has 0 N–H and O–H groups in total. The first-order chi connectivity index (χ1) is 15.7. The highest BCUT2D eigenvalue weighted by Crippen LogP contribution is 2.34. The maximum absolute atomic E-state index is 13.0. The van der Waals surface area contributed by atoms with Crippen molar-refractivity contribution in [1.29, 1.82) is 0 Å². The molecule has 184 valence electrons. The molecule has 34 heavy (non-hydrogen) atoms. The minimum atomic E-state index is -0.0234. The van der Waals surface area contributed by atoms with E-state index in [9.17, 15) is 9.59 Å². The van der Waals surface area contributed by atoms with Gasteiger partial charge in [0.15, 0.2) is 11.6 Å². The molecule has 0 spiro atoms. The van der Waals surface area contributed by atoms with E-state index < -0.39 is 0 Å². The van der Waals surface area contributed by atoms with Crippen molar-refractivity contribution in [3.8, 4) is 0 Å². The lowest BCUT2D eigenvalue weighted by Crippen LogP contribution is -2.20. The number of benzene rings is 1. The van der Waals surface area contributed by atoms with Gasteiger partial charge in [-0.05, 0) is 77.6 Å².